The van der Waals surface area contributed by atoms with Crippen LogP contribution in [0.4, 0.5) is 5.82 Å². The lowest BCUT2D eigenvalue weighted by molar-refractivity contribution is -0.118. The van der Waals surface area contributed by atoms with Crippen LogP contribution in [-0.2, 0) is 17.6 Å². The summed E-state index contributed by atoms with van der Waals surface area (Å²) in [5, 5.41) is 9.38. The van der Waals surface area contributed by atoms with Gasteiger partial charge in [-0.05, 0) is 42.8 Å². The molecule has 4 aromatic rings. The Balaban J connectivity index is 1.42. The van der Waals surface area contributed by atoms with E-state index >= 15 is 0 Å². The number of aromatic amines is 1. The fourth-order valence-corrected chi connectivity index (χ4v) is 4.41. The molecule has 0 saturated heterocycles. The maximum Gasteiger partial charge on any atom is 0.263 e. The molecular formula is C23H21N5O4S. The van der Waals surface area contributed by atoms with E-state index in [-0.39, 0.29) is 24.0 Å². The smallest absolute Gasteiger partial charge is 0.263 e. The quantitative estimate of drug-likeness (QED) is 0.435. The Labute approximate surface area is 193 Å². The normalized spacial score (nSPS) is 12.4. The van der Waals surface area contributed by atoms with Gasteiger partial charge in [-0.3, -0.25) is 14.6 Å². The highest BCUT2D eigenvalue weighted by Gasteiger charge is 2.21. The number of rotatable bonds is 7. The van der Waals surface area contributed by atoms with E-state index in [4.69, 9.17) is 9.47 Å². The Bertz CT molecular complexity index is 1360. The summed E-state index contributed by atoms with van der Waals surface area (Å²) >= 11 is 1.53. The number of amides is 1. The lowest BCUT2D eigenvalue weighted by Crippen LogP contribution is -2.24. The van der Waals surface area contributed by atoms with E-state index in [0.29, 0.717) is 23.0 Å². The third-order valence-electron chi connectivity index (χ3n) is 5.29. The first kappa shape index (κ1) is 21.0. The second-order valence-corrected chi connectivity index (χ2v) is 8.44. The maximum atomic E-state index is 12.7. The number of carbonyl (C=O) groups excluding carboxylic acids is 1. The molecule has 0 spiro atoms. The predicted molar refractivity (Wildman–Crippen MR) is 124 cm³/mol. The van der Waals surface area contributed by atoms with Gasteiger partial charge >= 0.3 is 0 Å². The topological polar surface area (TPSA) is 111 Å². The van der Waals surface area contributed by atoms with Crippen molar-refractivity contribution < 1.29 is 14.3 Å². The molecule has 0 saturated carbocycles. The van der Waals surface area contributed by atoms with Crippen molar-refractivity contribution in [3.8, 4) is 28.0 Å². The fraction of sp³-hybridized carbons (Fsp3) is 0.217. The van der Waals surface area contributed by atoms with Gasteiger partial charge in [0.15, 0.2) is 6.61 Å². The molecule has 2 N–H and O–H groups in total. The number of fused-ring (bicyclic) bond motifs is 1. The van der Waals surface area contributed by atoms with Gasteiger partial charge in [0.2, 0.25) is 5.95 Å². The van der Waals surface area contributed by atoms with E-state index < -0.39 is 0 Å². The van der Waals surface area contributed by atoms with Crippen LogP contribution in [0.3, 0.4) is 0 Å². The summed E-state index contributed by atoms with van der Waals surface area (Å²) in [5.74, 6) is 1.44. The van der Waals surface area contributed by atoms with Crippen molar-refractivity contribution in [2.45, 2.75) is 19.3 Å². The zero-order chi connectivity index (χ0) is 22.8. The van der Waals surface area contributed by atoms with Crippen molar-refractivity contribution in [1.82, 2.24) is 19.7 Å². The van der Waals surface area contributed by atoms with Gasteiger partial charge in [-0.25, -0.2) is 4.98 Å². The number of hydrogen-bond donors (Lipinski definition) is 2. The summed E-state index contributed by atoms with van der Waals surface area (Å²) in [5.41, 5.74) is 2.00. The summed E-state index contributed by atoms with van der Waals surface area (Å²) in [6, 6.07) is 12.6. The first-order valence-electron chi connectivity index (χ1n) is 10.4. The standard InChI is InChI=1S/C23H21N5O4S/c1-31-14-5-2-6-15(11-14)32-13-21(29)25-20-12-18(19-9-4-10-33-19)27-28(20)23-24-17-8-3-7-16(17)22(30)26-23/h2,4-6,9-12H,3,7-8,13H2,1H3,(H,25,29)(H,24,26,30). The van der Waals surface area contributed by atoms with Crippen molar-refractivity contribution in [2.24, 2.45) is 0 Å². The number of hydrogen-bond acceptors (Lipinski definition) is 7. The number of aryl methyl sites for hydroxylation is 1. The van der Waals surface area contributed by atoms with E-state index in [2.05, 4.69) is 20.4 Å². The number of benzene rings is 1. The first-order valence-corrected chi connectivity index (χ1v) is 11.3. The first-order chi connectivity index (χ1) is 16.1. The Morgan fingerprint density at radius 1 is 1.21 bits per heavy atom. The number of H-pyrrole nitrogens is 1. The molecule has 0 bridgehead atoms. The van der Waals surface area contributed by atoms with Crippen molar-refractivity contribution in [3.05, 3.63) is 69.5 Å². The lowest BCUT2D eigenvalue weighted by atomic mass is 10.3. The molecule has 5 rings (SSSR count). The highest BCUT2D eigenvalue weighted by Crippen LogP contribution is 2.28. The van der Waals surface area contributed by atoms with Crippen LogP contribution in [-0.4, -0.2) is 39.4 Å². The van der Waals surface area contributed by atoms with Crippen LogP contribution in [0.2, 0.25) is 0 Å². The summed E-state index contributed by atoms with van der Waals surface area (Å²) in [7, 11) is 1.56. The second kappa shape index (κ2) is 8.91. The molecule has 1 aliphatic carbocycles. The van der Waals surface area contributed by atoms with E-state index in [9.17, 15) is 9.59 Å². The number of ether oxygens (including phenoxy) is 2. The third-order valence-corrected chi connectivity index (χ3v) is 6.18. The van der Waals surface area contributed by atoms with Crippen LogP contribution >= 0.6 is 11.3 Å². The van der Waals surface area contributed by atoms with Gasteiger partial charge < -0.3 is 14.8 Å². The molecule has 3 aromatic heterocycles. The molecule has 0 atom stereocenters. The lowest BCUT2D eigenvalue weighted by Gasteiger charge is -2.10. The number of aromatic nitrogens is 4. The van der Waals surface area contributed by atoms with Gasteiger partial charge in [0.25, 0.3) is 11.5 Å². The Kier molecular flexibility index (Phi) is 5.66. The number of methoxy groups -OCH3 is 1. The summed E-state index contributed by atoms with van der Waals surface area (Å²) < 4.78 is 12.2. The van der Waals surface area contributed by atoms with Gasteiger partial charge in [-0.2, -0.15) is 9.78 Å². The molecule has 1 aliphatic rings. The molecule has 10 heteroatoms. The van der Waals surface area contributed by atoms with Crippen LogP contribution < -0.4 is 20.3 Å². The maximum absolute atomic E-state index is 12.7. The number of nitrogens with zero attached hydrogens (tertiary/aromatic N) is 3. The molecule has 1 amide bonds. The molecule has 0 radical (unpaired) electrons. The minimum absolute atomic E-state index is 0.167. The molecule has 3 heterocycles. The molecule has 168 valence electrons. The van der Waals surface area contributed by atoms with Crippen LogP contribution in [0.15, 0.2) is 52.6 Å². The van der Waals surface area contributed by atoms with E-state index in [1.54, 1.807) is 37.4 Å². The Morgan fingerprint density at radius 3 is 2.91 bits per heavy atom. The average Bonchev–Trinajstić information content (AvgIpc) is 3.58. The van der Waals surface area contributed by atoms with Crippen molar-refractivity contribution in [1.29, 1.82) is 0 Å². The van der Waals surface area contributed by atoms with Crippen LogP contribution in [0.25, 0.3) is 16.5 Å². The molecule has 33 heavy (non-hydrogen) atoms. The number of anilines is 1. The minimum atomic E-state index is -0.375. The van der Waals surface area contributed by atoms with Crippen molar-refractivity contribution in [3.63, 3.8) is 0 Å². The van der Waals surface area contributed by atoms with Gasteiger partial charge in [0, 0.05) is 17.7 Å². The molecular weight excluding hydrogens is 442 g/mol. The summed E-state index contributed by atoms with van der Waals surface area (Å²) in [4.78, 5) is 33.6. The van der Waals surface area contributed by atoms with Gasteiger partial charge in [-0.15, -0.1) is 11.3 Å². The minimum Gasteiger partial charge on any atom is -0.497 e. The van der Waals surface area contributed by atoms with Crippen molar-refractivity contribution in [2.75, 3.05) is 19.0 Å². The highest BCUT2D eigenvalue weighted by molar-refractivity contribution is 7.13. The molecule has 0 unspecified atom stereocenters. The Hall–Kier alpha value is -3.92. The Morgan fingerprint density at radius 2 is 2.09 bits per heavy atom. The largest absolute Gasteiger partial charge is 0.497 e. The van der Waals surface area contributed by atoms with E-state index in [1.165, 1.54) is 16.0 Å². The van der Waals surface area contributed by atoms with Crippen LogP contribution in [0.1, 0.15) is 17.7 Å². The van der Waals surface area contributed by atoms with Crippen LogP contribution in [0.5, 0.6) is 11.5 Å². The monoisotopic (exact) mass is 463 g/mol. The predicted octanol–water partition coefficient (Wildman–Crippen LogP) is 3.20. The fourth-order valence-electron chi connectivity index (χ4n) is 3.72. The number of thiophene rings is 1. The zero-order valence-corrected chi connectivity index (χ0v) is 18.6. The number of carbonyl (C=O) groups is 1. The van der Waals surface area contributed by atoms with Gasteiger partial charge in [0.05, 0.1) is 17.7 Å². The SMILES string of the molecule is COc1cccc(OCC(=O)Nc2cc(-c3cccs3)nn2-c2nc3c(c(=O)[nH]2)CCC3)c1. The molecule has 1 aromatic carbocycles. The average molecular weight is 464 g/mol. The van der Waals surface area contributed by atoms with Crippen molar-refractivity contribution >= 4 is 23.1 Å². The van der Waals surface area contributed by atoms with E-state index in [0.717, 1.165) is 35.4 Å². The second-order valence-electron chi connectivity index (χ2n) is 7.49. The summed E-state index contributed by atoms with van der Waals surface area (Å²) in [6.07, 6.45) is 2.38. The van der Waals surface area contributed by atoms with Crippen LogP contribution in [0, 0.1) is 0 Å². The third kappa shape index (κ3) is 4.37. The number of nitrogens with one attached hydrogen (secondary N) is 2. The molecule has 0 aliphatic heterocycles. The van der Waals surface area contributed by atoms with Gasteiger partial charge in [-0.1, -0.05) is 12.1 Å². The summed E-state index contributed by atoms with van der Waals surface area (Å²) in [6.45, 7) is -0.208. The molecule has 0 fully saturated rings. The highest BCUT2D eigenvalue weighted by atomic mass is 32.1. The zero-order valence-electron chi connectivity index (χ0n) is 17.8. The molecule has 9 nitrogen and oxygen atoms in total. The van der Waals surface area contributed by atoms with Gasteiger partial charge in [0.1, 0.15) is 23.0 Å². The van der Waals surface area contributed by atoms with E-state index in [1.807, 2.05) is 17.5 Å².